The molecule has 0 aromatic heterocycles. The van der Waals surface area contributed by atoms with Crippen LogP contribution in [0.3, 0.4) is 0 Å². The average Bonchev–Trinajstić information content (AvgIpc) is 2.80. The van der Waals surface area contributed by atoms with Crippen LogP contribution in [0.2, 0.25) is 0 Å². The molecule has 1 aliphatic heterocycles. The van der Waals surface area contributed by atoms with Crippen LogP contribution in [0, 0.1) is 5.92 Å². The lowest BCUT2D eigenvalue weighted by Gasteiger charge is -2.44. The van der Waals surface area contributed by atoms with E-state index in [9.17, 15) is 9.59 Å². The number of rotatable bonds is 4. The van der Waals surface area contributed by atoms with Crippen LogP contribution >= 0.6 is 0 Å². The highest BCUT2D eigenvalue weighted by molar-refractivity contribution is 6.07. The molecule has 2 atom stereocenters. The van der Waals surface area contributed by atoms with Crippen LogP contribution in [0.5, 0.6) is 0 Å². The van der Waals surface area contributed by atoms with Crippen molar-refractivity contribution in [3.63, 3.8) is 0 Å². The van der Waals surface area contributed by atoms with E-state index in [2.05, 4.69) is 6.92 Å². The van der Waals surface area contributed by atoms with Crippen molar-refractivity contribution in [1.82, 2.24) is 0 Å². The van der Waals surface area contributed by atoms with Crippen LogP contribution in [-0.2, 0) is 4.79 Å². The Balaban J connectivity index is 1.81. The van der Waals surface area contributed by atoms with E-state index in [1.165, 1.54) is 0 Å². The lowest BCUT2D eigenvalue weighted by Crippen LogP contribution is -2.48. The van der Waals surface area contributed by atoms with Crippen molar-refractivity contribution in [2.24, 2.45) is 5.92 Å². The van der Waals surface area contributed by atoms with Gasteiger partial charge in [-0.2, -0.15) is 0 Å². The van der Waals surface area contributed by atoms with Gasteiger partial charge in [0, 0.05) is 28.9 Å². The van der Waals surface area contributed by atoms with Gasteiger partial charge in [-0.3, -0.25) is 9.59 Å². The van der Waals surface area contributed by atoms with Gasteiger partial charge in [-0.05, 0) is 49.2 Å². The van der Waals surface area contributed by atoms with Gasteiger partial charge in [0.15, 0.2) is 0 Å². The van der Waals surface area contributed by atoms with E-state index in [4.69, 9.17) is 0 Å². The molecule has 1 heterocycles. The van der Waals surface area contributed by atoms with E-state index in [-0.39, 0.29) is 29.8 Å². The molecular weight excluding hydrogens is 384 g/mol. The van der Waals surface area contributed by atoms with Gasteiger partial charge in [0.05, 0.1) is 6.04 Å². The van der Waals surface area contributed by atoms with E-state index in [1.807, 2.05) is 109 Å². The van der Waals surface area contributed by atoms with Crippen molar-refractivity contribution in [3.8, 4) is 0 Å². The van der Waals surface area contributed by atoms with Gasteiger partial charge in [0.2, 0.25) is 5.91 Å². The normalized spacial score (nSPS) is 17.9. The molecule has 0 bridgehead atoms. The van der Waals surface area contributed by atoms with Crippen LogP contribution < -0.4 is 9.80 Å². The molecule has 4 nitrogen and oxygen atoms in total. The fourth-order valence-electron chi connectivity index (χ4n) is 4.38. The fourth-order valence-corrected chi connectivity index (χ4v) is 4.38. The van der Waals surface area contributed by atoms with E-state index >= 15 is 0 Å². The van der Waals surface area contributed by atoms with E-state index in [0.717, 1.165) is 16.9 Å². The van der Waals surface area contributed by atoms with E-state index in [0.29, 0.717) is 12.0 Å². The highest BCUT2D eigenvalue weighted by Gasteiger charge is 2.39. The first-order chi connectivity index (χ1) is 15.0. The zero-order valence-electron chi connectivity index (χ0n) is 18.2. The number of nitrogens with zero attached hydrogens (tertiary/aromatic N) is 2. The Morgan fingerprint density at radius 2 is 1.45 bits per heavy atom. The first-order valence-electron chi connectivity index (χ1n) is 10.8. The van der Waals surface area contributed by atoms with Gasteiger partial charge >= 0.3 is 0 Å². The summed E-state index contributed by atoms with van der Waals surface area (Å²) < 4.78 is 0. The molecule has 3 aromatic carbocycles. The Kier molecular flexibility index (Phi) is 5.90. The fraction of sp³-hybridized carbons (Fsp3) is 0.259. The summed E-state index contributed by atoms with van der Waals surface area (Å²) in [5.74, 6) is -0.0619. The predicted molar refractivity (Wildman–Crippen MR) is 125 cm³/mol. The minimum Gasteiger partial charge on any atom is -0.305 e. The maximum atomic E-state index is 13.4. The number of fused-ring (bicyclic) bond motifs is 1. The highest BCUT2D eigenvalue weighted by atomic mass is 16.2. The molecule has 0 spiro atoms. The monoisotopic (exact) mass is 412 g/mol. The standard InChI is InChI=1S/C27H28N2O2/c1-19(2)26(30)29(22-14-8-5-9-15-22)25-18-20(3)28(24-17-11-10-16-23(24)25)27(31)21-12-6-4-7-13-21/h4-17,19-20,25H,18H2,1-3H3/t20-,25+/m0/s1. The minimum atomic E-state index is -0.136. The molecule has 4 heteroatoms. The summed E-state index contributed by atoms with van der Waals surface area (Å²) in [4.78, 5) is 30.5. The third kappa shape index (κ3) is 3.98. The molecule has 0 N–H and O–H groups in total. The topological polar surface area (TPSA) is 40.6 Å². The van der Waals surface area contributed by atoms with Gasteiger partial charge in [0.25, 0.3) is 5.91 Å². The van der Waals surface area contributed by atoms with Crippen molar-refractivity contribution >= 4 is 23.2 Å². The lowest BCUT2D eigenvalue weighted by molar-refractivity contribution is -0.122. The molecular formula is C27H28N2O2. The quantitative estimate of drug-likeness (QED) is 0.539. The maximum Gasteiger partial charge on any atom is 0.258 e. The number of carbonyl (C=O) groups excluding carboxylic acids is 2. The molecule has 3 aromatic rings. The molecule has 1 aliphatic rings. The summed E-state index contributed by atoms with van der Waals surface area (Å²) in [5.41, 5.74) is 3.43. The molecule has 0 radical (unpaired) electrons. The Hall–Kier alpha value is -3.40. The van der Waals surface area contributed by atoms with Crippen LogP contribution in [0.1, 0.15) is 49.2 Å². The third-order valence-electron chi connectivity index (χ3n) is 5.88. The summed E-state index contributed by atoms with van der Waals surface area (Å²) in [5, 5.41) is 0. The van der Waals surface area contributed by atoms with Crippen LogP contribution in [0.15, 0.2) is 84.9 Å². The second-order valence-electron chi connectivity index (χ2n) is 8.40. The number of benzene rings is 3. The van der Waals surface area contributed by atoms with Crippen molar-refractivity contribution in [2.75, 3.05) is 9.80 Å². The third-order valence-corrected chi connectivity index (χ3v) is 5.88. The first kappa shape index (κ1) is 20.9. The van der Waals surface area contributed by atoms with Gasteiger partial charge in [0.1, 0.15) is 0 Å². The Morgan fingerprint density at radius 1 is 0.871 bits per heavy atom. The van der Waals surface area contributed by atoms with Crippen LogP contribution in [-0.4, -0.2) is 17.9 Å². The van der Waals surface area contributed by atoms with Gasteiger partial charge in [-0.25, -0.2) is 0 Å². The molecule has 0 saturated carbocycles. The SMILES string of the molecule is CC(C)C(=O)N(c1ccccc1)[C@@H]1C[C@H](C)N(C(=O)c2ccccc2)c2ccccc21. The van der Waals surface area contributed by atoms with Crippen LogP contribution in [0.4, 0.5) is 11.4 Å². The number of anilines is 2. The molecule has 158 valence electrons. The second-order valence-corrected chi connectivity index (χ2v) is 8.40. The maximum absolute atomic E-state index is 13.4. The first-order valence-corrected chi connectivity index (χ1v) is 10.8. The summed E-state index contributed by atoms with van der Waals surface area (Å²) in [7, 11) is 0. The van der Waals surface area contributed by atoms with Crippen molar-refractivity contribution < 1.29 is 9.59 Å². The largest absolute Gasteiger partial charge is 0.305 e. The Bertz CT molecular complexity index is 1060. The minimum absolute atomic E-state index is 0.0135. The van der Waals surface area contributed by atoms with Gasteiger partial charge < -0.3 is 9.80 Å². The molecule has 0 saturated heterocycles. The van der Waals surface area contributed by atoms with Gasteiger partial charge in [-0.1, -0.05) is 68.4 Å². The Labute approximate surface area is 184 Å². The summed E-state index contributed by atoms with van der Waals surface area (Å²) >= 11 is 0. The van der Waals surface area contributed by atoms with E-state index < -0.39 is 0 Å². The van der Waals surface area contributed by atoms with Gasteiger partial charge in [-0.15, -0.1) is 0 Å². The average molecular weight is 413 g/mol. The number of amides is 2. The van der Waals surface area contributed by atoms with Crippen molar-refractivity contribution in [3.05, 3.63) is 96.1 Å². The second kappa shape index (κ2) is 8.76. The smallest absolute Gasteiger partial charge is 0.258 e. The zero-order chi connectivity index (χ0) is 22.0. The molecule has 0 fully saturated rings. The lowest BCUT2D eigenvalue weighted by atomic mass is 9.89. The summed E-state index contributed by atoms with van der Waals surface area (Å²) in [6.07, 6.45) is 0.670. The summed E-state index contributed by atoms with van der Waals surface area (Å²) in [6.45, 7) is 5.93. The number of para-hydroxylation sites is 2. The molecule has 2 amide bonds. The summed E-state index contributed by atoms with van der Waals surface area (Å²) in [6, 6.07) is 27.0. The molecule has 4 rings (SSSR count). The number of hydrogen-bond donors (Lipinski definition) is 0. The molecule has 0 aliphatic carbocycles. The molecule has 31 heavy (non-hydrogen) atoms. The highest BCUT2D eigenvalue weighted by Crippen LogP contribution is 2.43. The number of carbonyl (C=O) groups is 2. The predicted octanol–water partition coefficient (Wildman–Crippen LogP) is 5.86. The van der Waals surface area contributed by atoms with Crippen molar-refractivity contribution in [2.45, 2.75) is 39.3 Å². The van der Waals surface area contributed by atoms with E-state index in [1.54, 1.807) is 0 Å². The van der Waals surface area contributed by atoms with Crippen LogP contribution in [0.25, 0.3) is 0 Å². The Morgan fingerprint density at radius 3 is 2.10 bits per heavy atom. The van der Waals surface area contributed by atoms with Crippen molar-refractivity contribution in [1.29, 1.82) is 0 Å². The number of hydrogen-bond acceptors (Lipinski definition) is 2. The molecule has 0 unspecified atom stereocenters. The zero-order valence-corrected chi connectivity index (χ0v) is 18.2.